The van der Waals surface area contributed by atoms with Gasteiger partial charge in [0.1, 0.15) is 0 Å². The molecule has 1 unspecified atom stereocenters. The fraction of sp³-hybridized carbons (Fsp3) is 0.476. The van der Waals surface area contributed by atoms with Gasteiger partial charge in [-0.05, 0) is 56.7 Å². The lowest BCUT2D eigenvalue weighted by atomic mass is 9.88. The summed E-state index contributed by atoms with van der Waals surface area (Å²) >= 11 is 0. The van der Waals surface area contributed by atoms with Crippen LogP contribution in [0.3, 0.4) is 0 Å². The van der Waals surface area contributed by atoms with Crippen molar-refractivity contribution in [3.05, 3.63) is 54.4 Å². The summed E-state index contributed by atoms with van der Waals surface area (Å²) < 4.78 is 0. The van der Waals surface area contributed by atoms with Crippen molar-refractivity contribution in [2.45, 2.75) is 38.0 Å². The molecule has 1 aliphatic heterocycles. The maximum Gasteiger partial charge on any atom is 0.0568 e. The van der Waals surface area contributed by atoms with Crippen molar-refractivity contribution in [2.75, 3.05) is 19.6 Å². The molecular formula is C21H27N3. The van der Waals surface area contributed by atoms with E-state index in [2.05, 4.69) is 57.6 Å². The fourth-order valence-electron chi connectivity index (χ4n) is 4.25. The molecule has 1 aliphatic carbocycles. The summed E-state index contributed by atoms with van der Waals surface area (Å²) in [5, 5.41) is 7.63. The molecule has 3 heteroatoms. The minimum absolute atomic E-state index is 0.616. The second-order valence-electron chi connectivity index (χ2n) is 7.29. The highest BCUT2D eigenvalue weighted by Gasteiger charge is 2.25. The van der Waals surface area contributed by atoms with Gasteiger partial charge in [-0.1, -0.05) is 42.5 Å². The molecular weight excluding hydrogens is 294 g/mol. The number of hydrogen-bond donors (Lipinski definition) is 1. The highest BCUT2D eigenvalue weighted by molar-refractivity contribution is 5.65. The van der Waals surface area contributed by atoms with Crippen LogP contribution in [0.5, 0.6) is 0 Å². The average molecular weight is 321 g/mol. The van der Waals surface area contributed by atoms with E-state index < -0.39 is 0 Å². The molecule has 0 amide bonds. The second-order valence-corrected chi connectivity index (χ2v) is 7.29. The largest absolute Gasteiger partial charge is 0.303 e. The van der Waals surface area contributed by atoms with E-state index in [1.165, 1.54) is 68.6 Å². The average Bonchev–Trinajstić information content (AvgIpc) is 3.14. The van der Waals surface area contributed by atoms with E-state index in [1.807, 2.05) is 6.20 Å². The van der Waals surface area contributed by atoms with Gasteiger partial charge in [-0.25, -0.2) is 0 Å². The van der Waals surface area contributed by atoms with Gasteiger partial charge in [0.2, 0.25) is 0 Å². The minimum atomic E-state index is 0.616. The molecule has 2 aliphatic rings. The van der Waals surface area contributed by atoms with Crippen LogP contribution in [0, 0.1) is 5.92 Å². The van der Waals surface area contributed by atoms with Crippen molar-refractivity contribution in [1.29, 1.82) is 0 Å². The predicted molar refractivity (Wildman–Crippen MR) is 98.9 cm³/mol. The van der Waals surface area contributed by atoms with E-state index in [-0.39, 0.29) is 0 Å². The van der Waals surface area contributed by atoms with Crippen molar-refractivity contribution < 1.29 is 0 Å². The minimum Gasteiger partial charge on any atom is -0.303 e. The molecule has 126 valence electrons. The van der Waals surface area contributed by atoms with Gasteiger partial charge in [0.25, 0.3) is 0 Å². The Kier molecular flexibility index (Phi) is 4.79. The summed E-state index contributed by atoms with van der Waals surface area (Å²) in [5.74, 6) is 1.49. The van der Waals surface area contributed by atoms with Gasteiger partial charge < -0.3 is 4.90 Å². The zero-order chi connectivity index (χ0) is 16.2. The molecule has 4 rings (SSSR count). The Morgan fingerprint density at radius 3 is 2.62 bits per heavy atom. The Balaban J connectivity index is 1.38. The predicted octanol–water partition coefficient (Wildman–Crippen LogP) is 4.61. The van der Waals surface area contributed by atoms with Gasteiger partial charge in [-0.15, -0.1) is 0 Å². The first kappa shape index (κ1) is 15.6. The molecule has 1 atom stereocenters. The lowest BCUT2D eigenvalue weighted by molar-refractivity contribution is 0.177. The number of nitrogens with zero attached hydrogens (tertiary/aromatic N) is 2. The van der Waals surface area contributed by atoms with Gasteiger partial charge in [0, 0.05) is 23.7 Å². The lowest BCUT2D eigenvalue weighted by Crippen LogP contribution is -2.37. The topological polar surface area (TPSA) is 31.9 Å². The van der Waals surface area contributed by atoms with Crippen molar-refractivity contribution >= 4 is 0 Å². The van der Waals surface area contributed by atoms with Crippen LogP contribution in [0.2, 0.25) is 0 Å². The van der Waals surface area contributed by atoms with Crippen LogP contribution in [-0.4, -0.2) is 34.7 Å². The summed E-state index contributed by atoms with van der Waals surface area (Å²) in [4.78, 5) is 2.68. The van der Waals surface area contributed by atoms with Crippen molar-refractivity contribution in [3.63, 3.8) is 0 Å². The highest BCUT2D eigenvalue weighted by Crippen LogP contribution is 2.34. The van der Waals surface area contributed by atoms with E-state index >= 15 is 0 Å². The summed E-state index contributed by atoms with van der Waals surface area (Å²) in [6.45, 7) is 3.72. The second kappa shape index (κ2) is 7.35. The molecule has 0 spiro atoms. The van der Waals surface area contributed by atoms with Crippen LogP contribution in [-0.2, 0) is 0 Å². The van der Waals surface area contributed by atoms with Crippen molar-refractivity contribution in [3.8, 4) is 11.1 Å². The first-order valence-corrected chi connectivity index (χ1v) is 9.36. The maximum absolute atomic E-state index is 4.34. The molecule has 1 fully saturated rings. The number of aromatic amines is 1. The normalized spacial score (nSPS) is 22.8. The molecule has 3 nitrogen and oxygen atoms in total. The van der Waals surface area contributed by atoms with E-state index in [4.69, 9.17) is 0 Å². The third kappa shape index (κ3) is 3.46. The van der Waals surface area contributed by atoms with Crippen LogP contribution in [0.25, 0.3) is 11.1 Å². The van der Waals surface area contributed by atoms with Gasteiger partial charge in [-0.2, -0.15) is 5.10 Å². The molecule has 0 saturated carbocycles. The number of hydrogen-bond acceptors (Lipinski definition) is 2. The van der Waals surface area contributed by atoms with Gasteiger partial charge >= 0.3 is 0 Å². The Morgan fingerprint density at radius 1 is 1.04 bits per heavy atom. The molecule has 2 heterocycles. The zero-order valence-electron chi connectivity index (χ0n) is 14.3. The number of H-pyrrole nitrogens is 1. The number of piperidine rings is 1. The van der Waals surface area contributed by atoms with Crippen molar-refractivity contribution in [2.24, 2.45) is 5.92 Å². The number of aromatic nitrogens is 2. The van der Waals surface area contributed by atoms with E-state index in [1.54, 1.807) is 0 Å². The zero-order valence-corrected chi connectivity index (χ0v) is 14.3. The number of allylic oxidation sites excluding steroid dienone is 2. The molecule has 0 radical (unpaired) electrons. The summed E-state index contributed by atoms with van der Waals surface area (Å²) in [5.41, 5.74) is 3.89. The monoisotopic (exact) mass is 321 g/mol. The third-order valence-corrected chi connectivity index (χ3v) is 5.64. The van der Waals surface area contributed by atoms with E-state index in [9.17, 15) is 0 Å². The summed E-state index contributed by atoms with van der Waals surface area (Å²) in [7, 11) is 0. The van der Waals surface area contributed by atoms with Crippen LogP contribution < -0.4 is 0 Å². The van der Waals surface area contributed by atoms with Crippen LogP contribution in [0.4, 0.5) is 0 Å². The first-order valence-electron chi connectivity index (χ1n) is 9.36. The van der Waals surface area contributed by atoms with Crippen LogP contribution in [0.15, 0.2) is 48.7 Å². The third-order valence-electron chi connectivity index (χ3n) is 5.64. The van der Waals surface area contributed by atoms with Crippen LogP contribution >= 0.6 is 0 Å². The Bertz CT molecular complexity index is 665. The van der Waals surface area contributed by atoms with Crippen molar-refractivity contribution in [1.82, 2.24) is 15.1 Å². The number of benzene rings is 1. The summed E-state index contributed by atoms with van der Waals surface area (Å²) in [6.07, 6.45) is 13.1. The van der Waals surface area contributed by atoms with E-state index in [0.717, 1.165) is 5.92 Å². The molecule has 1 aromatic heterocycles. The standard InChI is InChI=1S/C21H27N3/c1-3-7-17(8-4-1)16-24-13-11-19(12-14-24)21-20(15-22-23-21)18-9-5-2-6-10-18/h1-3,5-6,9-10,15,17,19H,4,7-8,11-14,16H2,(H,22,23). The molecule has 1 N–H and O–H groups in total. The smallest absolute Gasteiger partial charge is 0.0568 e. The van der Waals surface area contributed by atoms with Gasteiger partial charge in [0.15, 0.2) is 0 Å². The SMILES string of the molecule is C1=CCC(CN2CCC(c3[nH]ncc3-c3ccccc3)CC2)CC1. The summed E-state index contributed by atoms with van der Waals surface area (Å²) in [6, 6.07) is 10.6. The quantitative estimate of drug-likeness (QED) is 0.834. The number of nitrogens with one attached hydrogen (secondary N) is 1. The number of likely N-dealkylation sites (tertiary alicyclic amines) is 1. The Labute approximate surface area is 144 Å². The van der Waals surface area contributed by atoms with Gasteiger partial charge in [-0.3, -0.25) is 5.10 Å². The molecule has 0 bridgehead atoms. The number of rotatable bonds is 4. The Morgan fingerprint density at radius 2 is 1.88 bits per heavy atom. The highest BCUT2D eigenvalue weighted by atomic mass is 15.1. The first-order chi connectivity index (χ1) is 11.9. The van der Waals surface area contributed by atoms with Gasteiger partial charge in [0.05, 0.1) is 6.20 Å². The Hall–Kier alpha value is -1.87. The van der Waals surface area contributed by atoms with E-state index in [0.29, 0.717) is 5.92 Å². The lowest BCUT2D eigenvalue weighted by Gasteiger charge is -2.34. The molecule has 2 aromatic rings. The fourth-order valence-corrected chi connectivity index (χ4v) is 4.25. The van der Waals surface area contributed by atoms with Crippen LogP contribution in [0.1, 0.15) is 43.7 Å². The maximum atomic E-state index is 4.34. The molecule has 1 aromatic carbocycles. The molecule has 24 heavy (non-hydrogen) atoms. The molecule has 1 saturated heterocycles.